The van der Waals surface area contributed by atoms with Crippen molar-refractivity contribution in [2.75, 3.05) is 7.11 Å². The standard InChI is InChI=1S/C11H12N2O3.C10H12N2O2.B.Li.H/c1-12-8-5-4-7(10(14)16-3)6-9(8)13(2)11(12)15;1-11-8-4-3-7(6-13)5-9(8)12(2)10(11)14;;;/h4-6H,1-3H3;3-5,13H,6H2,1-2H3;;;/q;;;+1;-1. The molecule has 0 aliphatic rings. The third kappa shape index (κ3) is 4.63. The van der Waals surface area contributed by atoms with Gasteiger partial charge in [-0.25, -0.2) is 14.4 Å². The third-order valence-electron chi connectivity index (χ3n) is 5.21. The molecule has 4 rings (SSSR count). The smallest absolute Gasteiger partial charge is 1.00 e. The zero-order valence-corrected chi connectivity index (χ0v) is 19.1. The topological polar surface area (TPSA) is 100 Å². The van der Waals surface area contributed by atoms with Crippen molar-refractivity contribution in [2.45, 2.75) is 6.61 Å². The van der Waals surface area contributed by atoms with E-state index in [4.69, 9.17) is 5.11 Å². The fourth-order valence-corrected chi connectivity index (χ4v) is 3.40. The molecule has 9 nitrogen and oxygen atoms in total. The molecule has 2 aromatic heterocycles. The predicted molar refractivity (Wildman–Crippen MR) is 120 cm³/mol. The monoisotopic (exact) mass is 431 g/mol. The van der Waals surface area contributed by atoms with Crippen molar-refractivity contribution in [1.29, 1.82) is 0 Å². The first-order valence-electron chi connectivity index (χ1n) is 9.20. The Labute approximate surface area is 200 Å². The van der Waals surface area contributed by atoms with Crippen molar-refractivity contribution < 1.29 is 34.9 Å². The number of ether oxygens (including phenoxy) is 1. The summed E-state index contributed by atoms with van der Waals surface area (Å²) in [5.41, 5.74) is 4.34. The number of hydrogen-bond acceptors (Lipinski definition) is 5. The van der Waals surface area contributed by atoms with Crippen LogP contribution in [0.2, 0.25) is 0 Å². The van der Waals surface area contributed by atoms with Gasteiger partial charge >= 0.3 is 36.2 Å². The second kappa shape index (κ2) is 10.6. The average molecular weight is 431 g/mol. The molecule has 0 atom stereocenters. The fourth-order valence-electron chi connectivity index (χ4n) is 3.40. The van der Waals surface area contributed by atoms with E-state index in [-0.39, 0.29) is 46.7 Å². The molecule has 0 saturated heterocycles. The van der Waals surface area contributed by atoms with Crippen LogP contribution in [0.25, 0.3) is 22.1 Å². The van der Waals surface area contributed by atoms with Crippen LogP contribution in [-0.2, 0) is 39.5 Å². The van der Waals surface area contributed by atoms with Crippen LogP contribution in [0.15, 0.2) is 46.0 Å². The number of esters is 1. The first kappa shape index (κ1) is 27.1. The minimum absolute atomic E-state index is 0. The second-order valence-corrected chi connectivity index (χ2v) is 6.98. The maximum atomic E-state index is 11.6. The summed E-state index contributed by atoms with van der Waals surface area (Å²) in [6, 6.07) is 10.5. The molecular formula is C21H25BLiN4O5. The fraction of sp³-hybridized carbons (Fsp3) is 0.286. The van der Waals surface area contributed by atoms with Crippen LogP contribution >= 0.6 is 0 Å². The third-order valence-corrected chi connectivity index (χ3v) is 5.21. The molecule has 11 heteroatoms. The van der Waals surface area contributed by atoms with E-state index in [0.717, 1.165) is 27.6 Å². The molecule has 0 saturated carbocycles. The van der Waals surface area contributed by atoms with E-state index in [0.29, 0.717) is 5.56 Å². The van der Waals surface area contributed by atoms with Crippen LogP contribution in [0, 0.1) is 0 Å². The molecule has 163 valence electrons. The number of rotatable bonds is 2. The Kier molecular flexibility index (Phi) is 8.97. The van der Waals surface area contributed by atoms with Gasteiger partial charge < -0.3 is 11.3 Å². The van der Waals surface area contributed by atoms with Crippen molar-refractivity contribution in [1.82, 2.24) is 18.3 Å². The molecule has 3 radical (unpaired) electrons. The predicted octanol–water partition coefficient (Wildman–Crippen LogP) is -2.23. The minimum atomic E-state index is -0.404. The summed E-state index contributed by atoms with van der Waals surface area (Å²) in [5.74, 6) is -0.404. The zero-order chi connectivity index (χ0) is 22.2. The molecule has 0 bridgehead atoms. The summed E-state index contributed by atoms with van der Waals surface area (Å²) < 4.78 is 10.8. The quantitative estimate of drug-likeness (QED) is 0.286. The maximum absolute atomic E-state index is 11.6. The van der Waals surface area contributed by atoms with Crippen molar-refractivity contribution >= 4 is 36.4 Å². The summed E-state index contributed by atoms with van der Waals surface area (Å²) >= 11 is 0. The molecule has 0 spiro atoms. The Morgan fingerprint density at radius 1 is 0.844 bits per heavy atom. The van der Waals surface area contributed by atoms with Gasteiger partial charge in [0.25, 0.3) is 0 Å². The van der Waals surface area contributed by atoms with Crippen LogP contribution in [0.4, 0.5) is 0 Å². The summed E-state index contributed by atoms with van der Waals surface area (Å²) in [4.78, 5) is 34.5. The van der Waals surface area contributed by atoms with E-state index in [1.165, 1.54) is 16.2 Å². The van der Waals surface area contributed by atoms with Gasteiger partial charge in [-0.1, -0.05) is 6.07 Å². The van der Waals surface area contributed by atoms with Gasteiger partial charge in [-0.15, -0.1) is 0 Å². The van der Waals surface area contributed by atoms with Gasteiger partial charge in [-0.3, -0.25) is 18.3 Å². The number of hydrogen-bond donors (Lipinski definition) is 1. The van der Waals surface area contributed by atoms with Crippen molar-refractivity contribution in [3.63, 3.8) is 0 Å². The summed E-state index contributed by atoms with van der Waals surface area (Å²) in [7, 11) is 8.17. The number of methoxy groups -OCH3 is 1. The van der Waals surface area contributed by atoms with Crippen LogP contribution < -0.4 is 30.2 Å². The molecule has 0 aliphatic heterocycles. The molecule has 2 aromatic carbocycles. The number of aromatic nitrogens is 4. The Hall–Kier alpha value is -2.93. The van der Waals surface area contributed by atoms with Crippen LogP contribution in [-0.4, -0.2) is 44.9 Å². The van der Waals surface area contributed by atoms with Crippen molar-refractivity contribution in [3.8, 4) is 0 Å². The van der Waals surface area contributed by atoms with Crippen molar-refractivity contribution in [2.24, 2.45) is 28.2 Å². The van der Waals surface area contributed by atoms with Gasteiger partial charge in [0.1, 0.15) is 0 Å². The number of aliphatic hydroxyl groups excluding tert-OH is 1. The van der Waals surface area contributed by atoms with E-state index in [2.05, 4.69) is 4.74 Å². The average Bonchev–Trinajstić information content (AvgIpc) is 3.13. The molecule has 0 amide bonds. The number of aliphatic hydroxyl groups is 1. The Balaban J connectivity index is 0.000000573. The molecule has 0 unspecified atom stereocenters. The normalized spacial score (nSPS) is 10.2. The van der Waals surface area contributed by atoms with E-state index in [9.17, 15) is 14.4 Å². The molecule has 32 heavy (non-hydrogen) atoms. The first-order chi connectivity index (χ1) is 14.2. The van der Waals surface area contributed by atoms with E-state index < -0.39 is 5.97 Å². The number of aryl methyl sites for hydroxylation is 4. The molecule has 0 fully saturated rings. The maximum Gasteiger partial charge on any atom is 1.00 e. The van der Waals surface area contributed by atoms with E-state index in [1.807, 2.05) is 18.2 Å². The summed E-state index contributed by atoms with van der Waals surface area (Å²) in [6.07, 6.45) is 0. The Bertz CT molecular complexity index is 1390. The van der Waals surface area contributed by atoms with Crippen LogP contribution in [0.3, 0.4) is 0 Å². The van der Waals surface area contributed by atoms with Gasteiger partial charge in [0, 0.05) is 36.6 Å². The minimum Gasteiger partial charge on any atom is -1.00 e. The summed E-state index contributed by atoms with van der Waals surface area (Å²) in [5, 5.41) is 8.97. The van der Waals surface area contributed by atoms with Crippen molar-refractivity contribution in [3.05, 3.63) is 68.5 Å². The van der Waals surface area contributed by atoms with Gasteiger partial charge in [-0.2, -0.15) is 0 Å². The SMILES string of the molecule is COC(=O)c1ccc2c(c1)n(C)c(=O)n2C.Cn1c(=O)n(C)c2cc(CO)ccc21.[B].[H-].[Li+]. The molecule has 2 heterocycles. The molecule has 1 N–H and O–H groups in total. The van der Waals surface area contributed by atoms with Gasteiger partial charge in [-0.05, 0) is 35.9 Å². The van der Waals surface area contributed by atoms with E-state index in [1.54, 1.807) is 55.5 Å². The molecule has 4 aromatic rings. The first-order valence-corrected chi connectivity index (χ1v) is 9.20. The number of carbonyl (C=O) groups is 1. The number of nitrogens with zero attached hydrogens (tertiary/aromatic N) is 4. The molecular weight excluding hydrogens is 406 g/mol. The van der Waals surface area contributed by atoms with Gasteiger partial charge in [0.2, 0.25) is 0 Å². The zero-order valence-electron chi connectivity index (χ0n) is 20.1. The second-order valence-electron chi connectivity index (χ2n) is 6.98. The van der Waals surface area contributed by atoms with Gasteiger partial charge in [0.15, 0.2) is 0 Å². The Morgan fingerprint density at radius 2 is 1.28 bits per heavy atom. The number of carbonyl (C=O) groups excluding carboxylic acids is 1. The largest absolute Gasteiger partial charge is 1.00 e. The number of benzene rings is 2. The van der Waals surface area contributed by atoms with Crippen LogP contribution in [0.1, 0.15) is 17.3 Å². The number of fused-ring (bicyclic) bond motifs is 2. The molecule has 0 aliphatic carbocycles. The van der Waals surface area contributed by atoms with Gasteiger partial charge in [0.05, 0.1) is 41.3 Å². The Morgan fingerprint density at radius 3 is 1.75 bits per heavy atom. The van der Waals surface area contributed by atoms with E-state index >= 15 is 0 Å². The summed E-state index contributed by atoms with van der Waals surface area (Å²) in [6.45, 7) is -0.000967. The van der Waals surface area contributed by atoms with Crippen LogP contribution in [0.5, 0.6) is 0 Å². The number of imidazole rings is 2.